The van der Waals surface area contributed by atoms with E-state index < -0.39 is 0 Å². The van der Waals surface area contributed by atoms with Crippen LogP contribution >= 0.6 is 0 Å². The first-order valence-electron chi connectivity index (χ1n) is 8.76. The van der Waals surface area contributed by atoms with E-state index in [0.717, 1.165) is 44.5 Å². The van der Waals surface area contributed by atoms with Crippen molar-refractivity contribution < 1.29 is 9.59 Å². The highest BCUT2D eigenvalue weighted by Gasteiger charge is 2.23. The van der Waals surface area contributed by atoms with Gasteiger partial charge in [0.1, 0.15) is 0 Å². The smallest absolute Gasteiger partial charge is 0.250 e. The molecule has 1 saturated heterocycles. The second-order valence-corrected chi connectivity index (χ2v) is 6.53. The maximum Gasteiger partial charge on any atom is 0.250 e. The summed E-state index contributed by atoms with van der Waals surface area (Å²) < 4.78 is 0. The normalized spacial score (nSPS) is 21.5. The predicted octanol–water partition coefficient (Wildman–Crippen LogP) is 1.78. The van der Waals surface area contributed by atoms with E-state index in [4.69, 9.17) is 0 Å². The molecule has 0 radical (unpaired) electrons. The van der Waals surface area contributed by atoms with E-state index in [1.165, 1.54) is 5.56 Å². The molecule has 1 fully saturated rings. The van der Waals surface area contributed by atoms with E-state index in [1.54, 1.807) is 17.1 Å². The molecule has 2 atom stereocenters. The molecule has 2 amide bonds. The molecule has 0 aliphatic carbocycles. The minimum atomic E-state index is -0.164. The molecule has 24 heavy (non-hydrogen) atoms. The lowest BCUT2D eigenvalue weighted by atomic mass is 10.0. The van der Waals surface area contributed by atoms with Crippen molar-refractivity contribution in [1.82, 2.24) is 10.6 Å². The van der Waals surface area contributed by atoms with Gasteiger partial charge in [-0.2, -0.15) is 0 Å². The SMILES string of the molecule is C[C@@H](/C=C/C(=O)N1CCc2ccccc21)NC(=O)[C@@H]1CCCCN1. The van der Waals surface area contributed by atoms with Gasteiger partial charge in [0.25, 0.3) is 5.91 Å². The Balaban J connectivity index is 1.53. The van der Waals surface area contributed by atoms with Crippen molar-refractivity contribution in [2.24, 2.45) is 0 Å². The van der Waals surface area contributed by atoms with E-state index in [-0.39, 0.29) is 23.9 Å². The number of nitrogens with zero attached hydrogens (tertiary/aromatic N) is 1. The van der Waals surface area contributed by atoms with Crippen LogP contribution < -0.4 is 15.5 Å². The number of para-hydroxylation sites is 1. The van der Waals surface area contributed by atoms with Gasteiger partial charge in [-0.25, -0.2) is 0 Å². The molecule has 1 aromatic rings. The Bertz CT molecular complexity index is 635. The molecule has 0 bridgehead atoms. The summed E-state index contributed by atoms with van der Waals surface area (Å²) in [5.41, 5.74) is 2.21. The molecule has 0 spiro atoms. The number of carbonyl (C=O) groups is 2. The molecule has 0 unspecified atom stereocenters. The highest BCUT2D eigenvalue weighted by atomic mass is 16.2. The van der Waals surface area contributed by atoms with Gasteiger partial charge in [0.05, 0.1) is 6.04 Å². The second kappa shape index (κ2) is 7.62. The van der Waals surface area contributed by atoms with Crippen LogP contribution in [0.3, 0.4) is 0 Å². The number of fused-ring (bicyclic) bond motifs is 1. The molecule has 5 heteroatoms. The molecule has 3 rings (SSSR count). The standard InChI is InChI=1S/C19H25N3O2/c1-14(21-19(24)16-7-4-5-12-20-16)9-10-18(23)22-13-11-15-6-2-3-8-17(15)22/h2-3,6,8-10,14,16,20H,4-5,7,11-13H2,1H3,(H,21,24)/b10-9+/t14-,16-/m0/s1. The summed E-state index contributed by atoms with van der Waals surface area (Å²) in [6.45, 7) is 3.51. The Morgan fingerprint density at radius 2 is 2.17 bits per heavy atom. The van der Waals surface area contributed by atoms with E-state index in [2.05, 4.69) is 16.7 Å². The average Bonchev–Trinajstić information content (AvgIpc) is 3.04. The summed E-state index contributed by atoms with van der Waals surface area (Å²) in [6, 6.07) is 7.73. The van der Waals surface area contributed by atoms with Crippen LogP contribution in [0.2, 0.25) is 0 Å². The van der Waals surface area contributed by atoms with E-state index in [1.807, 2.05) is 25.1 Å². The van der Waals surface area contributed by atoms with E-state index in [0.29, 0.717) is 0 Å². The van der Waals surface area contributed by atoms with Crippen LogP contribution in [0.4, 0.5) is 5.69 Å². The van der Waals surface area contributed by atoms with Crippen LogP contribution in [0.25, 0.3) is 0 Å². The second-order valence-electron chi connectivity index (χ2n) is 6.53. The number of amides is 2. The molecule has 1 aromatic carbocycles. The van der Waals surface area contributed by atoms with E-state index in [9.17, 15) is 9.59 Å². The summed E-state index contributed by atoms with van der Waals surface area (Å²) in [4.78, 5) is 26.4. The zero-order chi connectivity index (χ0) is 16.9. The lowest BCUT2D eigenvalue weighted by Gasteiger charge is -2.23. The Morgan fingerprint density at radius 1 is 1.33 bits per heavy atom. The first-order chi connectivity index (χ1) is 11.6. The molecular weight excluding hydrogens is 302 g/mol. The van der Waals surface area contributed by atoms with Crippen molar-refractivity contribution in [3.05, 3.63) is 42.0 Å². The largest absolute Gasteiger partial charge is 0.349 e. The first-order valence-corrected chi connectivity index (χ1v) is 8.76. The van der Waals surface area contributed by atoms with Gasteiger partial charge in [-0.1, -0.05) is 30.7 Å². The maximum atomic E-state index is 12.4. The first kappa shape index (κ1) is 16.7. The summed E-state index contributed by atoms with van der Waals surface area (Å²) >= 11 is 0. The fraction of sp³-hybridized carbons (Fsp3) is 0.474. The Morgan fingerprint density at radius 3 is 2.96 bits per heavy atom. The van der Waals surface area contributed by atoms with Gasteiger partial charge in [0.2, 0.25) is 5.91 Å². The van der Waals surface area contributed by atoms with Crippen LogP contribution in [0.15, 0.2) is 36.4 Å². The van der Waals surface area contributed by atoms with Gasteiger partial charge >= 0.3 is 0 Å². The number of rotatable bonds is 4. The third-order valence-electron chi connectivity index (χ3n) is 4.68. The third-order valence-corrected chi connectivity index (χ3v) is 4.68. The molecular formula is C19H25N3O2. The van der Waals surface area contributed by atoms with E-state index >= 15 is 0 Å². The van der Waals surface area contributed by atoms with Crippen LogP contribution in [-0.2, 0) is 16.0 Å². The Labute approximate surface area is 143 Å². The van der Waals surface area contributed by atoms with Crippen molar-refractivity contribution in [3.63, 3.8) is 0 Å². The zero-order valence-corrected chi connectivity index (χ0v) is 14.1. The van der Waals surface area contributed by atoms with Crippen molar-refractivity contribution in [2.45, 2.75) is 44.7 Å². The third kappa shape index (κ3) is 3.85. The van der Waals surface area contributed by atoms with Crippen LogP contribution in [0, 0.1) is 0 Å². The van der Waals surface area contributed by atoms with Crippen LogP contribution in [0.1, 0.15) is 31.7 Å². The summed E-state index contributed by atoms with van der Waals surface area (Å²) in [7, 11) is 0. The molecule has 0 saturated carbocycles. The van der Waals surface area contributed by atoms with Gasteiger partial charge in [-0.05, 0) is 44.4 Å². The fourth-order valence-corrected chi connectivity index (χ4v) is 3.33. The van der Waals surface area contributed by atoms with Crippen LogP contribution in [-0.4, -0.2) is 37.0 Å². The van der Waals surface area contributed by atoms with Gasteiger partial charge in [-0.3, -0.25) is 9.59 Å². The lowest BCUT2D eigenvalue weighted by Crippen LogP contribution is -2.48. The minimum Gasteiger partial charge on any atom is -0.349 e. The number of carbonyl (C=O) groups excluding carboxylic acids is 2. The van der Waals surface area contributed by atoms with Crippen molar-refractivity contribution in [3.8, 4) is 0 Å². The van der Waals surface area contributed by atoms with Gasteiger partial charge in [-0.15, -0.1) is 0 Å². The molecule has 2 aliphatic rings. The number of benzene rings is 1. The number of piperidine rings is 1. The molecule has 5 nitrogen and oxygen atoms in total. The van der Waals surface area contributed by atoms with Gasteiger partial charge in [0.15, 0.2) is 0 Å². The summed E-state index contributed by atoms with van der Waals surface area (Å²) in [6.07, 6.45) is 7.33. The number of nitrogens with one attached hydrogen (secondary N) is 2. The maximum absolute atomic E-state index is 12.4. The van der Waals surface area contributed by atoms with Crippen LogP contribution in [0.5, 0.6) is 0 Å². The van der Waals surface area contributed by atoms with Crippen molar-refractivity contribution >= 4 is 17.5 Å². The highest BCUT2D eigenvalue weighted by Crippen LogP contribution is 2.27. The van der Waals surface area contributed by atoms with Crippen molar-refractivity contribution in [1.29, 1.82) is 0 Å². The topological polar surface area (TPSA) is 61.4 Å². The molecule has 2 heterocycles. The predicted molar refractivity (Wildman–Crippen MR) is 94.9 cm³/mol. The van der Waals surface area contributed by atoms with Crippen molar-refractivity contribution in [2.75, 3.05) is 18.0 Å². The number of hydrogen-bond donors (Lipinski definition) is 2. The number of hydrogen-bond acceptors (Lipinski definition) is 3. The fourth-order valence-electron chi connectivity index (χ4n) is 3.33. The minimum absolute atomic E-state index is 0.0193. The molecule has 128 valence electrons. The lowest BCUT2D eigenvalue weighted by molar-refractivity contribution is -0.124. The molecule has 2 N–H and O–H groups in total. The van der Waals surface area contributed by atoms with Gasteiger partial charge < -0.3 is 15.5 Å². The monoisotopic (exact) mass is 327 g/mol. The summed E-state index contributed by atoms with van der Waals surface area (Å²) in [5, 5.41) is 6.19. The number of anilines is 1. The highest BCUT2D eigenvalue weighted by molar-refractivity contribution is 6.03. The molecule has 2 aliphatic heterocycles. The van der Waals surface area contributed by atoms with Gasteiger partial charge in [0, 0.05) is 24.4 Å². The molecule has 0 aromatic heterocycles. The zero-order valence-electron chi connectivity index (χ0n) is 14.1. The Kier molecular flexibility index (Phi) is 5.30. The summed E-state index contributed by atoms with van der Waals surface area (Å²) in [5.74, 6) is -0.0114. The Hall–Kier alpha value is -2.14. The average molecular weight is 327 g/mol. The quantitative estimate of drug-likeness (QED) is 0.829.